The molecule has 0 aromatic carbocycles. The van der Waals surface area contributed by atoms with Gasteiger partial charge in [0.25, 0.3) is 0 Å². The molecule has 0 saturated heterocycles. The minimum atomic E-state index is 0.336. The van der Waals surface area contributed by atoms with Crippen LogP contribution in [0, 0.1) is 0 Å². The molecule has 4 heterocycles. The normalized spacial score (nSPS) is 17.4. The maximum atomic E-state index is 5.28. The molecule has 3 aromatic rings. The summed E-state index contributed by atoms with van der Waals surface area (Å²) in [6, 6.07) is 4.09. The fourth-order valence-corrected chi connectivity index (χ4v) is 2.57. The molecule has 1 aliphatic heterocycles. The van der Waals surface area contributed by atoms with Crippen molar-refractivity contribution in [3.05, 3.63) is 42.6 Å². The second-order valence-electron chi connectivity index (χ2n) is 5.23. The zero-order valence-corrected chi connectivity index (χ0v) is 11.9. The monoisotopic (exact) mass is 297 g/mol. The number of hydrogen-bond donors (Lipinski definition) is 1. The summed E-state index contributed by atoms with van der Waals surface area (Å²) >= 11 is 0. The molecule has 0 fully saturated rings. The maximum Gasteiger partial charge on any atom is 0.240 e. The lowest BCUT2D eigenvalue weighted by atomic mass is 10.1. The molecule has 1 N–H and O–H groups in total. The van der Waals surface area contributed by atoms with Crippen LogP contribution in [0.3, 0.4) is 0 Å². The predicted molar refractivity (Wildman–Crippen MR) is 76.5 cm³/mol. The number of nitrogens with one attached hydrogen (secondary N) is 1. The first-order chi connectivity index (χ1) is 10.9. The van der Waals surface area contributed by atoms with Gasteiger partial charge in [-0.25, -0.2) is 9.67 Å². The molecule has 4 rings (SSSR count). The van der Waals surface area contributed by atoms with E-state index < -0.39 is 0 Å². The molecule has 22 heavy (non-hydrogen) atoms. The Balaban J connectivity index is 1.38. The van der Waals surface area contributed by atoms with Gasteiger partial charge in [0.15, 0.2) is 0 Å². The highest BCUT2D eigenvalue weighted by Crippen LogP contribution is 2.15. The molecule has 0 saturated carbocycles. The molecule has 1 aliphatic rings. The zero-order valence-electron chi connectivity index (χ0n) is 11.9. The third kappa shape index (κ3) is 2.60. The van der Waals surface area contributed by atoms with Gasteiger partial charge in [-0.2, -0.15) is 10.1 Å². The predicted octanol–water partition coefficient (Wildman–Crippen LogP) is 0.828. The van der Waals surface area contributed by atoms with Crippen molar-refractivity contribution in [3.63, 3.8) is 0 Å². The molecule has 8 heteroatoms. The van der Waals surface area contributed by atoms with Crippen LogP contribution in [0.4, 0.5) is 0 Å². The van der Waals surface area contributed by atoms with Crippen molar-refractivity contribution in [2.75, 3.05) is 0 Å². The van der Waals surface area contributed by atoms with E-state index in [0.29, 0.717) is 24.3 Å². The Labute approximate surface area is 126 Å². The van der Waals surface area contributed by atoms with Crippen molar-refractivity contribution >= 4 is 0 Å². The molecular formula is C14H15N7O. The first-order valence-corrected chi connectivity index (χ1v) is 7.21. The quantitative estimate of drug-likeness (QED) is 0.762. The second kappa shape index (κ2) is 5.64. The van der Waals surface area contributed by atoms with Gasteiger partial charge in [-0.05, 0) is 18.6 Å². The first-order valence-electron chi connectivity index (χ1n) is 7.21. The summed E-state index contributed by atoms with van der Waals surface area (Å²) in [5.74, 6) is 2.19. The van der Waals surface area contributed by atoms with Gasteiger partial charge in [0, 0.05) is 30.4 Å². The van der Waals surface area contributed by atoms with E-state index in [1.807, 2.05) is 16.8 Å². The lowest BCUT2D eigenvalue weighted by molar-refractivity contribution is 0.320. The van der Waals surface area contributed by atoms with Crippen molar-refractivity contribution in [2.45, 2.75) is 32.0 Å². The summed E-state index contributed by atoms with van der Waals surface area (Å²) < 4.78 is 7.22. The Morgan fingerprint density at radius 2 is 2.41 bits per heavy atom. The summed E-state index contributed by atoms with van der Waals surface area (Å²) in [7, 11) is 0. The number of rotatable bonds is 4. The van der Waals surface area contributed by atoms with Crippen molar-refractivity contribution in [1.82, 2.24) is 35.2 Å². The Bertz CT molecular complexity index is 751. The number of nitrogens with zero attached hydrogens (tertiary/aromatic N) is 6. The molecule has 0 amide bonds. The molecule has 0 unspecified atom stereocenters. The van der Waals surface area contributed by atoms with Crippen LogP contribution in [0.1, 0.15) is 18.1 Å². The molecule has 0 radical (unpaired) electrons. The van der Waals surface area contributed by atoms with E-state index in [2.05, 4.69) is 30.5 Å². The van der Waals surface area contributed by atoms with E-state index in [1.165, 1.54) is 0 Å². The van der Waals surface area contributed by atoms with E-state index in [-0.39, 0.29) is 0 Å². The van der Waals surface area contributed by atoms with E-state index in [4.69, 9.17) is 4.52 Å². The summed E-state index contributed by atoms with van der Waals surface area (Å²) in [5, 5.41) is 11.6. The largest absolute Gasteiger partial charge is 0.338 e. The van der Waals surface area contributed by atoms with Crippen LogP contribution in [0.5, 0.6) is 0 Å². The third-order valence-electron chi connectivity index (χ3n) is 3.74. The Hall–Kier alpha value is -2.61. The average Bonchev–Trinajstić information content (AvgIpc) is 3.22. The Kier molecular flexibility index (Phi) is 3.36. The molecule has 8 nitrogen and oxygen atoms in total. The summed E-state index contributed by atoms with van der Waals surface area (Å²) in [6.07, 6.45) is 7.00. The van der Waals surface area contributed by atoms with Gasteiger partial charge in [-0.1, -0.05) is 5.16 Å². The fourth-order valence-electron chi connectivity index (χ4n) is 2.57. The van der Waals surface area contributed by atoms with Crippen molar-refractivity contribution < 1.29 is 4.52 Å². The SMILES string of the molecule is c1cncc(-c2noc(CN[C@@H]3CCc4ncnn4C3)n2)c1. The number of fused-ring (bicyclic) bond motifs is 1. The van der Waals surface area contributed by atoms with Gasteiger partial charge < -0.3 is 9.84 Å². The molecule has 0 bridgehead atoms. The smallest absolute Gasteiger partial charge is 0.240 e. The van der Waals surface area contributed by atoms with E-state index >= 15 is 0 Å². The maximum absolute atomic E-state index is 5.28. The van der Waals surface area contributed by atoms with E-state index in [1.54, 1.807) is 18.7 Å². The number of hydrogen-bond acceptors (Lipinski definition) is 7. The molecule has 0 spiro atoms. The van der Waals surface area contributed by atoms with Crippen LogP contribution >= 0.6 is 0 Å². The van der Waals surface area contributed by atoms with Gasteiger partial charge >= 0.3 is 0 Å². The van der Waals surface area contributed by atoms with E-state index in [0.717, 1.165) is 30.8 Å². The Morgan fingerprint density at radius 1 is 1.41 bits per heavy atom. The standard InChI is InChI=1S/C14H15N7O/c1-2-10(6-15-5-1)14-19-13(22-20-14)7-16-11-3-4-12-17-9-18-21(12)8-11/h1-2,5-6,9,11,16H,3-4,7-8H2/t11-/m1/s1. The van der Waals surface area contributed by atoms with Gasteiger partial charge in [0.05, 0.1) is 13.1 Å². The molecular weight excluding hydrogens is 282 g/mol. The number of aromatic nitrogens is 6. The number of pyridine rings is 1. The van der Waals surface area contributed by atoms with Gasteiger partial charge in [0.2, 0.25) is 11.7 Å². The van der Waals surface area contributed by atoms with Crippen molar-refractivity contribution in [2.24, 2.45) is 0 Å². The van der Waals surface area contributed by atoms with Crippen LogP contribution in [-0.2, 0) is 19.5 Å². The minimum Gasteiger partial charge on any atom is -0.338 e. The van der Waals surface area contributed by atoms with Crippen LogP contribution in [0.2, 0.25) is 0 Å². The van der Waals surface area contributed by atoms with Crippen LogP contribution in [0.25, 0.3) is 11.4 Å². The average molecular weight is 297 g/mol. The van der Waals surface area contributed by atoms with Crippen LogP contribution in [-0.4, -0.2) is 35.9 Å². The Morgan fingerprint density at radius 3 is 3.32 bits per heavy atom. The molecule has 3 aromatic heterocycles. The first kappa shape index (κ1) is 13.1. The molecule has 112 valence electrons. The zero-order chi connectivity index (χ0) is 14.8. The van der Waals surface area contributed by atoms with Gasteiger partial charge in [-0.3, -0.25) is 4.98 Å². The molecule has 0 aliphatic carbocycles. The van der Waals surface area contributed by atoms with Gasteiger partial charge in [-0.15, -0.1) is 0 Å². The number of aryl methyl sites for hydroxylation is 1. The topological polar surface area (TPSA) is 94.5 Å². The molecule has 1 atom stereocenters. The minimum absolute atomic E-state index is 0.336. The van der Waals surface area contributed by atoms with Gasteiger partial charge in [0.1, 0.15) is 12.2 Å². The highest BCUT2D eigenvalue weighted by molar-refractivity contribution is 5.51. The lowest BCUT2D eigenvalue weighted by Crippen LogP contribution is -2.37. The lowest BCUT2D eigenvalue weighted by Gasteiger charge is -2.22. The highest BCUT2D eigenvalue weighted by atomic mass is 16.5. The summed E-state index contributed by atoms with van der Waals surface area (Å²) in [6.45, 7) is 1.36. The fraction of sp³-hybridized carbons (Fsp3) is 0.357. The summed E-state index contributed by atoms with van der Waals surface area (Å²) in [4.78, 5) is 12.7. The third-order valence-corrected chi connectivity index (χ3v) is 3.74. The van der Waals surface area contributed by atoms with Crippen molar-refractivity contribution in [1.29, 1.82) is 0 Å². The van der Waals surface area contributed by atoms with Crippen LogP contribution in [0.15, 0.2) is 35.4 Å². The highest BCUT2D eigenvalue weighted by Gasteiger charge is 2.20. The summed E-state index contributed by atoms with van der Waals surface area (Å²) in [5.41, 5.74) is 0.849. The second-order valence-corrected chi connectivity index (χ2v) is 5.23. The van der Waals surface area contributed by atoms with Crippen LogP contribution < -0.4 is 5.32 Å². The van der Waals surface area contributed by atoms with Crippen molar-refractivity contribution in [3.8, 4) is 11.4 Å². The van der Waals surface area contributed by atoms with E-state index in [9.17, 15) is 0 Å².